The van der Waals surface area contributed by atoms with Crippen molar-refractivity contribution in [1.29, 1.82) is 0 Å². The van der Waals surface area contributed by atoms with Crippen LogP contribution in [0.15, 0.2) is 30.3 Å². The van der Waals surface area contributed by atoms with Crippen molar-refractivity contribution in [2.75, 3.05) is 7.11 Å². The molecular weight excluding hydrogens is 268 g/mol. The number of methoxy groups -OCH3 is 1. The number of ether oxygens (including phenoxy) is 1. The first-order valence-corrected chi connectivity index (χ1v) is 6.29. The van der Waals surface area contributed by atoms with Gasteiger partial charge in [-0.15, -0.1) is 0 Å². The predicted octanol–water partition coefficient (Wildman–Crippen LogP) is 3.55. The van der Waals surface area contributed by atoms with Gasteiger partial charge < -0.3 is 4.74 Å². The molecule has 0 aromatic heterocycles. The smallest absolute Gasteiger partial charge is 0.338 e. The standard InChI is InChI=1S/C13H15BrO2/c1-3-6-12(13(15)16-2)11-8-5-4-7-10(11)9-14/h4-8H,3,9H2,1-2H3/b12-6-. The van der Waals surface area contributed by atoms with Crippen LogP contribution in [0.4, 0.5) is 0 Å². The number of halogens is 1. The largest absolute Gasteiger partial charge is 0.465 e. The van der Waals surface area contributed by atoms with Crippen molar-refractivity contribution in [2.45, 2.75) is 18.7 Å². The molecule has 0 amide bonds. The second-order valence-electron chi connectivity index (χ2n) is 3.31. The van der Waals surface area contributed by atoms with E-state index < -0.39 is 0 Å². The molecule has 1 aromatic rings. The molecule has 0 saturated heterocycles. The van der Waals surface area contributed by atoms with E-state index in [4.69, 9.17) is 4.74 Å². The Morgan fingerprint density at radius 2 is 2.12 bits per heavy atom. The van der Waals surface area contributed by atoms with Crippen LogP contribution in [0.1, 0.15) is 24.5 Å². The van der Waals surface area contributed by atoms with Gasteiger partial charge in [-0.25, -0.2) is 4.79 Å². The minimum atomic E-state index is -0.282. The summed E-state index contributed by atoms with van der Waals surface area (Å²) in [5.74, 6) is -0.282. The second kappa shape index (κ2) is 6.48. The van der Waals surface area contributed by atoms with E-state index in [0.717, 1.165) is 22.9 Å². The van der Waals surface area contributed by atoms with Gasteiger partial charge >= 0.3 is 5.97 Å². The topological polar surface area (TPSA) is 26.3 Å². The van der Waals surface area contributed by atoms with Gasteiger partial charge in [-0.3, -0.25) is 0 Å². The fourth-order valence-electron chi connectivity index (χ4n) is 1.52. The summed E-state index contributed by atoms with van der Waals surface area (Å²) in [6.45, 7) is 2.00. The maximum absolute atomic E-state index is 11.7. The van der Waals surface area contributed by atoms with Gasteiger partial charge in [0.25, 0.3) is 0 Å². The van der Waals surface area contributed by atoms with Gasteiger partial charge in [0, 0.05) is 5.33 Å². The number of rotatable bonds is 4. The van der Waals surface area contributed by atoms with Crippen LogP contribution in [0.3, 0.4) is 0 Å². The van der Waals surface area contributed by atoms with E-state index >= 15 is 0 Å². The third-order valence-electron chi connectivity index (χ3n) is 2.27. The van der Waals surface area contributed by atoms with Crippen LogP contribution in [0.25, 0.3) is 5.57 Å². The molecule has 0 radical (unpaired) electrons. The Kier molecular flexibility index (Phi) is 5.26. The molecule has 0 aliphatic rings. The number of carbonyl (C=O) groups excluding carboxylic acids is 1. The molecule has 0 spiro atoms. The Morgan fingerprint density at radius 1 is 1.44 bits per heavy atom. The maximum Gasteiger partial charge on any atom is 0.338 e. The van der Waals surface area contributed by atoms with Gasteiger partial charge in [0.1, 0.15) is 0 Å². The highest BCUT2D eigenvalue weighted by molar-refractivity contribution is 9.08. The molecule has 0 bridgehead atoms. The molecule has 2 nitrogen and oxygen atoms in total. The zero-order chi connectivity index (χ0) is 12.0. The average Bonchev–Trinajstić information content (AvgIpc) is 2.35. The quantitative estimate of drug-likeness (QED) is 0.480. The molecule has 1 aromatic carbocycles. The Bertz CT molecular complexity index is 397. The molecule has 16 heavy (non-hydrogen) atoms. The second-order valence-corrected chi connectivity index (χ2v) is 3.87. The SMILES string of the molecule is CC/C=C(\C(=O)OC)c1ccccc1CBr. The van der Waals surface area contributed by atoms with Crippen molar-refractivity contribution in [2.24, 2.45) is 0 Å². The van der Waals surface area contributed by atoms with E-state index in [1.165, 1.54) is 7.11 Å². The summed E-state index contributed by atoms with van der Waals surface area (Å²) in [5.41, 5.74) is 2.67. The number of benzene rings is 1. The van der Waals surface area contributed by atoms with E-state index in [0.29, 0.717) is 5.57 Å². The van der Waals surface area contributed by atoms with Crippen LogP contribution >= 0.6 is 15.9 Å². The minimum Gasteiger partial charge on any atom is -0.465 e. The van der Waals surface area contributed by atoms with E-state index in [9.17, 15) is 4.79 Å². The van der Waals surface area contributed by atoms with Crippen molar-refractivity contribution in [3.63, 3.8) is 0 Å². The Balaban J connectivity index is 3.21. The Hall–Kier alpha value is -1.09. The highest BCUT2D eigenvalue weighted by Crippen LogP contribution is 2.22. The molecule has 0 saturated carbocycles. The van der Waals surface area contributed by atoms with Gasteiger partial charge in [-0.1, -0.05) is 53.2 Å². The number of allylic oxidation sites excluding steroid dienone is 1. The summed E-state index contributed by atoms with van der Waals surface area (Å²) < 4.78 is 4.80. The van der Waals surface area contributed by atoms with Crippen LogP contribution in [0.5, 0.6) is 0 Å². The van der Waals surface area contributed by atoms with Crippen LogP contribution < -0.4 is 0 Å². The third kappa shape index (κ3) is 2.95. The van der Waals surface area contributed by atoms with Crippen molar-refractivity contribution < 1.29 is 9.53 Å². The maximum atomic E-state index is 11.7. The molecule has 0 aliphatic heterocycles. The molecule has 1 rings (SSSR count). The summed E-state index contributed by atoms with van der Waals surface area (Å²) in [6, 6.07) is 7.82. The fraction of sp³-hybridized carbons (Fsp3) is 0.308. The minimum absolute atomic E-state index is 0.282. The fourth-order valence-corrected chi connectivity index (χ4v) is 2.01. The van der Waals surface area contributed by atoms with Crippen LogP contribution in [0, 0.1) is 0 Å². The molecule has 0 unspecified atom stereocenters. The summed E-state index contributed by atoms with van der Waals surface area (Å²) in [5, 5.41) is 0.723. The molecular formula is C13H15BrO2. The van der Waals surface area contributed by atoms with Crippen LogP contribution in [-0.4, -0.2) is 13.1 Å². The molecule has 0 fully saturated rings. The molecule has 0 N–H and O–H groups in total. The van der Waals surface area contributed by atoms with Gasteiger partial charge in [-0.05, 0) is 17.5 Å². The van der Waals surface area contributed by atoms with Crippen molar-refractivity contribution in [1.82, 2.24) is 0 Å². The van der Waals surface area contributed by atoms with Crippen molar-refractivity contribution in [3.8, 4) is 0 Å². The summed E-state index contributed by atoms with van der Waals surface area (Å²) in [6.07, 6.45) is 2.70. The summed E-state index contributed by atoms with van der Waals surface area (Å²) in [7, 11) is 1.41. The number of carbonyl (C=O) groups is 1. The van der Waals surface area contributed by atoms with Crippen molar-refractivity contribution in [3.05, 3.63) is 41.5 Å². The number of esters is 1. The van der Waals surface area contributed by atoms with Crippen LogP contribution in [-0.2, 0) is 14.9 Å². The van der Waals surface area contributed by atoms with E-state index in [-0.39, 0.29) is 5.97 Å². The van der Waals surface area contributed by atoms with Gasteiger partial charge in [0.05, 0.1) is 12.7 Å². The van der Waals surface area contributed by atoms with E-state index in [2.05, 4.69) is 15.9 Å². The van der Waals surface area contributed by atoms with Crippen LogP contribution in [0.2, 0.25) is 0 Å². The molecule has 3 heteroatoms. The number of alkyl halides is 1. The van der Waals surface area contributed by atoms with E-state index in [1.54, 1.807) is 0 Å². The van der Waals surface area contributed by atoms with Gasteiger partial charge in [0.2, 0.25) is 0 Å². The normalized spacial score (nSPS) is 11.3. The van der Waals surface area contributed by atoms with E-state index in [1.807, 2.05) is 37.3 Å². The zero-order valence-electron chi connectivity index (χ0n) is 9.50. The lowest BCUT2D eigenvalue weighted by molar-refractivity contribution is -0.133. The Morgan fingerprint density at radius 3 is 2.69 bits per heavy atom. The van der Waals surface area contributed by atoms with Gasteiger partial charge in [0.15, 0.2) is 0 Å². The summed E-state index contributed by atoms with van der Waals surface area (Å²) >= 11 is 3.42. The first-order chi connectivity index (χ1) is 7.74. The predicted molar refractivity (Wildman–Crippen MR) is 69.4 cm³/mol. The zero-order valence-corrected chi connectivity index (χ0v) is 11.1. The van der Waals surface area contributed by atoms with Crippen molar-refractivity contribution >= 4 is 27.5 Å². The highest BCUT2D eigenvalue weighted by Gasteiger charge is 2.14. The monoisotopic (exact) mass is 282 g/mol. The molecule has 0 heterocycles. The lowest BCUT2D eigenvalue weighted by Gasteiger charge is -2.09. The average molecular weight is 283 g/mol. The third-order valence-corrected chi connectivity index (χ3v) is 2.87. The molecule has 86 valence electrons. The number of hydrogen-bond donors (Lipinski definition) is 0. The Labute approximate surface area is 104 Å². The lowest BCUT2D eigenvalue weighted by atomic mass is 10.00. The molecule has 0 aliphatic carbocycles. The number of hydrogen-bond acceptors (Lipinski definition) is 2. The summed E-state index contributed by atoms with van der Waals surface area (Å²) in [4.78, 5) is 11.7. The van der Waals surface area contributed by atoms with Gasteiger partial charge in [-0.2, -0.15) is 0 Å². The molecule has 0 atom stereocenters. The first-order valence-electron chi connectivity index (χ1n) is 5.17. The lowest BCUT2D eigenvalue weighted by Crippen LogP contribution is -2.05. The first kappa shape index (κ1) is 13.0. The highest BCUT2D eigenvalue weighted by atomic mass is 79.9.